The number of cyclic esters (lactones) is 2. The van der Waals surface area contributed by atoms with Gasteiger partial charge >= 0.3 is 11.9 Å². The molecule has 3 rings (SSSR count). The maximum absolute atomic E-state index is 11.5. The molecule has 0 bridgehead atoms. The summed E-state index contributed by atoms with van der Waals surface area (Å²) in [4.78, 5) is 24.8. The van der Waals surface area contributed by atoms with Crippen molar-refractivity contribution in [2.24, 2.45) is 0 Å². The first-order chi connectivity index (χ1) is 8.15. The van der Waals surface area contributed by atoms with Gasteiger partial charge in [0, 0.05) is 19.3 Å². The van der Waals surface area contributed by atoms with E-state index in [1.807, 2.05) is 18.2 Å². The van der Waals surface area contributed by atoms with E-state index >= 15 is 0 Å². The van der Waals surface area contributed by atoms with Gasteiger partial charge in [-0.25, -0.2) is 0 Å². The van der Waals surface area contributed by atoms with Crippen LogP contribution in [0.4, 0.5) is 5.69 Å². The third-order valence-corrected chi connectivity index (χ3v) is 3.50. The zero-order valence-corrected chi connectivity index (χ0v) is 9.60. The van der Waals surface area contributed by atoms with E-state index in [4.69, 9.17) is 0 Å². The van der Waals surface area contributed by atoms with Gasteiger partial charge in [0.05, 0.1) is 12.3 Å². The number of esters is 2. The highest BCUT2D eigenvalue weighted by Gasteiger charge is 2.35. The number of benzene rings is 1. The summed E-state index contributed by atoms with van der Waals surface area (Å²) in [5.74, 6) is -1.24. The van der Waals surface area contributed by atoms with Crippen LogP contribution < -0.4 is 4.90 Å². The molecule has 1 atom stereocenters. The van der Waals surface area contributed by atoms with E-state index in [0.29, 0.717) is 0 Å². The van der Waals surface area contributed by atoms with Crippen LogP contribution in [0.5, 0.6) is 0 Å². The SMILES string of the molecule is CN1CCc2cc(C3CC(=O)OC3=O)ccc21. The number of carbonyl (C=O) groups excluding carboxylic acids is 2. The highest BCUT2D eigenvalue weighted by atomic mass is 16.6. The molecule has 1 aromatic carbocycles. The van der Waals surface area contributed by atoms with Crippen molar-refractivity contribution in [3.63, 3.8) is 0 Å². The Bertz CT molecular complexity index is 509. The minimum Gasteiger partial charge on any atom is -0.393 e. The fourth-order valence-electron chi connectivity index (χ4n) is 2.53. The van der Waals surface area contributed by atoms with Crippen molar-refractivity contribution >= 4 is 17.6 Å². The lowest BCUT2D eigenvalue weighted by Crippen LogP contribution is -2.12. The Balaban J connectivity index is 1.95. The van der Waals surface area contributed by atoms with Crippen LogP contribution in [0, 0.1) is 0 Å². The molecule has 1 unspecified atom stereocenters. The number of anilines is 1. The van der Waals surface area contributed by atoms with Crippen LogP contribution in [-0.4, -0.2) is 25.5 Å². The topological polar surface area (TPSA) is 46.6 Å². The highest BCUT2D eigenvalue weighted by molar-refractivity contribution is 5.97. The first kappa shape index (κ1) is 10.3. The second kappa shape index (κ2) is 3.58. The second-order valence-electron chi connectivity index (χ2n) is 4.61. The lowest BCUT2D eigenvalue weighted by atomic mass is 9.95. The van der Waals surface area contributed by atoms with Crippen LogP contribution in [0.3, 0.4) is 0 Å². The summed E-state index contributed by atoms with van der Waals surface area (Å²) >= 11 is 0. The lowest BCUT2D eigenvalue weighted by Gasteiger charge is -2.13. The van der Waals surface area contributed by atoms with E-state index in [9.17, 15) is 9.59 Å². The fourth-order valence-corrected chi connectivity index (χ4v) is 2.53. The Morgan fingerprint density at radius 1 is 1.35 bits per heavy atom. The smallest absolute Gasteiger partial charge is 0.321 e. The van der Waals surface area contributed by atoms with Gasteiger partial charge in [-0.05, 0) is 23.6 Å². The molecule has 17 heavy (non-hydrogen) atoms. The molecule has 0 amide bonds. The molecule has 4 nitrogen and oxygen atoms in total. The lowest BCUT2D eigenvalue weighted by molar-refractivity contribution is -0.152. The standard InChI is InChI=1S/C13H13NO3/c1-14-5-4-9-6-8(2-3-11(9)14)10-7-12(15)17-13(10)16/h2-3,6,10H,4-5,7H2,1H3. The molecule has 0 N–H and O–H groups in total. The molecule has 2 aliphatic heterocycles. The molecule has 0 saturated carbocycles. The highest BCUT2D eigenvalue weighted by Crippen LogP contribution is 2.33. The van der Waals surface area contributed by atoms with Crippen molar-refractivity contribution in [3.05, 3.63) is 29.3 Å². The molecule has 0 aromatic heterocycles. The Labute approximate surface area is 99.2 Å². The molecule has 1 saturated heterocycles. The number of ether oxygens (including phenoxy) is 1. The molecule has 1 aromatic rings. The average molecular weight is 231 g/mol. The van der Waals surface area contributed by atoms with Crippen molar-refractivity contribution in [3.8, 4) is 0 Å². The molecule has 0 aliphatic carbocycles. The van der Waals surface area contributed by atoms with Crippen molar-refractivity contribution in [2.45, 2.75) is 18.8 Å². The van der Waals surface area contributed by atoms with Crippen molar-refractivity contribution in [1.82, 2.24) is 0 Å². The third-order valence-electron chi connectivity index (χ3n) is 3.50. The first-order valence-corrected chi connectivity index (χ1v) is 5.73. The molecule has 4 heteroatoms. The van der Waals surface area contributed by atoms with E-state index in [2.05, 4.69) is 16.7 Å². The third kappa shape index (κ3) is 1.60. The minimum absolute atomic E-state index is 0.174. The minimum atomic E-state index is -0.419. The Kier molecular flexibility index (Phi) is 2.18. The zero-order valence-electron chi connectivity index (χ0n) is 9.60. The van der Waals surface area contributed by atoms with Crippen LogP contribution in [0.2, 0.25) is 0 Å². The molecule has 2 aliphatic rings. The quantitative estimate of drug-likeness (QED) is 0.539. The second-order valence-corrected chi connectivity index (χ2v) is 4.61. The molecule has 0 radical (unpaired) electrons. The fraction of sp³-hybridized carbons (Fsp3) is 0.385. The maximum atomic E-state index is 11.5. The van der Waals surface area contributed by atoms with Crippen LogP contribution in [0.1, 0.15) is 23.5 Å². The molecule has 2 heterocycles. The van der Waals surface area contributed by atoms with E-state index in [1.165, 1.54) is 11.3 Å². The number of hydrogen-bond donors (Lipinski definition) is 0. The summed E-state index contributed by atoms with van der Waals surface area (Å²) < 4.78 is 4.58. The first-order valence-electron chi connectivity index (χ1n) is 5.73. The number of carbonyl (C=O) groups is 2. The maximum Gasteiger partial charge on any atom is 0.321 e. The molecule has 1 fully saturated rings. The summed E-state index contributed by atoms with van der Waals surface area (Å²) in [6.07, 6.45) is 1.17. The van der Waals surface area contributed by atoms with Crippen LogP contribution in [0.25, 0.3) is 0 Å². The monoisotopic (exact) mass is 231 g/mol. The van der Waals surface area contributed by atoms with Crippen LogP contribution >= 0.6 is 0 Å². The Morgan fingerprint density at radius 2 is 2.18 bits per heavy atom. The van der Waals surface area contributed by atoms with Gasteiger partial charge in [-0.3, -0.25) is 9.59 Å². The normalized spacial score (nSPS) is 22.9. The molecular weight excluding hydrogens is 218 g/mol. The number of hydrogen-bond acceptors (Lipinski definition) is 4. The van der Waals surface area contributed by atoms with Crippen LogP contribution in [-0.2, 0) is 20.7 Å². The van der Waals surface area contributed by atoms with E-state index in [-0.39, 0.29) is 6.42 Å². The van der Waals surface area contributed by atoms with Gasteiger partial charge < -0.3 is 9.64 Å². The summed E-state index contributed by atoms with van der Waals surface area (Å²) in [5, 5.41) is 0. The zero-order chi connectivity index (χ0) is 12.0. The van der Waals surface area contributed by atoms with Gasteiger partial charge in [-0.1, -0.05) is 12.1 Å². The van der Waals surface area contributed by atoms with Crippen molar-refractivity contribution in [1.29, 1.82) is 0 Å². The number of fused-ring (bicyclic) bond motifs is 1. The van der Waals surface area contributed by atoms with Gasteiger partial charge in [0.1, 0.15) is 0 Å². The number of rotatable bonds is 1. The van der Waals surface area contributed by atoms with Crippen LogP contribution in [0.15, 0.2) is 18.2 Å². The predicted octanol–water partition coefficient (Wildman–Crippen LogP) is 1.24. The largest absolute Gasteiger partial charge is 0.393 e. The summed E-state index contributed by atoms with van der Waals surface area (Å²) in [6, 6.07) is 5.97. The summed E-state index contributed by atoms with van der Waals surface area (Å²) in [7, 11) is 2.05. The summed E-state index contributed by atoms with van der Waals surface area (Å²) in [5.41, 5.74) is 3.36. The van der Waals surface area contributed by atoms with E-state index in [1.54, 1.807) is 0 Å². The van der Waals surface area contributed by atoms with Gasteiger partial charge in [-0.2, -0.15) is 0 Å². The van der Waals surface area contributed by atoms with Crippen molar-refractivity contribution < 1.29 is 14.3 Å². The van der Waals surface area contributed by atoms with Gasteiger partial charge in [0.2, 0.25) is 0 Å². The summed E-state index contributed by atoms with van der Waals surface area (Å²) in [6.45, 7) is 1.01. The Hall–Kier alpha value is -1.84. The molecule has 88 valence electrons. The molecular formula is C13H13NO3. The Morgan fingerprint density at radius 3 is 2.88 bits per heavy atom. The predicted molar refractivity (Wildman–Crippen MR) is 61.9 cm³/mol. The van der Waals surface area contributed by atoms with Crippen molar-refractivity contribution in [2.75, 3.05) is 18.5 Å². The van der Waals surface area contributed by atoms with Gasteiger partial charge in [0.15, 0.2) is 0 Å². The van der Waals surface area contributed by atoms with E-state index < -0.39 is 17.9 Å². The molecule has 0 spiro atoms. The van der Waals surface area contributed by atoms with Gasteiger partial charge in [0.25, 0.3) is 0 Å². The number of likely N-dealkylation sites (N-methyl/N-ethyl adjacent to an activating group) is 1. The number of nitrogens with zero attached hydrogens (tertiary/aromatic N) is 1. The van der Waals surface area contributed by atoms with Gasteiger partial charge in [-0.15, -0.1) is 0 Å². The van der Waals surface area contributed by atoms with E-state index in [0.717, 1.165) is 18.5 Å². The average Bonchev–Trinajstić information content (AvgIpc) is 2.82.